The molecule has 3 heterocycles. The number of urea groups is 1. The quantitative estimate of drug-likeness (QED) is 0.361. The number of nitro groups is 1. The van der Waals surface area contributed by atoms with Gasteiger partial charge in [0.15, 0.2) is 5.41 Å². The molecule has 1 aromatic rings. The Morgan fingerprint density at radius 1 is 1.28 bits per heavy atom. The van der Waals surface area contributed by atoms with E-state index < -0.39 is 34.2 Å². The van der Waals surface area contributed by atoms with Crippen LogP contribution in [0, 0.1) is 15.5 Å². The van der Waals surface area contributed by atoms with Crippen molar-refractivity contribution in [2.24, 2.45) is 5.41 Å². The minimum atomic E-state index is -1.50. The average Bonchev–Trinajstić information content (AvgIpc) is 2.95. The van der Waals surface area contributed by atoms with Gasteiger partial charge in [0.1, 0.15) is 0 Å². The van der Waals surface area contributed by atoms with Gasteiger partial charge in [-0.1, -0.05) is 18.9 Å². The lowest BCUT2D eigenvalue weighted by Gasteiger charge is -2.51. The summed E-state index contributed by atoms with van der Waals surface area (Å²) >= 11 is 0. The number of nitrogens with one attached hydrogen (secondary N) is 1. The van der Waals surface area contributed by atoms with Crippen LogP contribution in [-0.2, 0) is 16.0 Å². The van der Waals surface area contributed by atoms with Gasteiger partial charge in [-0.15, -0.1) is 6.58 Å². The Kier molecular flexibility index (Phi) is 4.60. The molecule has 1 spiro atoms. The molecule has 3 aliphatic rings. The van der Waals surface area contributed by atoms with Gasteiger partial charge in [0.25, 0.3) is 5.69 Å². The number of carbonyl (C=O) groups is 3. The number of non-ortho nitro benzene ring substituents is 1. The highest BCUT2D eigenvalue weighted by atomic mass is 16.6. The van der Waals surface area contributed by atoms with Gasteiger partial charge in [-0.05, 0) is 24.5 Å². The summed E-state index contributed by atoms with van der Waals surface area (Å²) < 4.78 is 0. The number of nitrogens with zero attached hydrogens (tertiary/aromatic N) is 3. The second kappa shape index (κ2) is 6.98. The molecule has 3 aliphatic heterocycles. The third-order valence-corrected chi connectivity index (χ3v) is 6.18. The Morgan fingerprint density at radius 3 is 2.79 bits per heavy atom. The van der Waals surface area contributed by atoms with E-state index in [-0.39, 0.29) is 18.7 Å². The monoisotopic (exact) mass is 398 g/mol. The predicted molar refractivity (Wildman–Crippen MR) is 104 cm³/mol. The van der Waals surface area contributed by atoms with Gasteiger partial charge < -0.3 is 4.90 Å². The van der Waals surface area contributed by atoms with Crippen LogP contribution in [0.1, 0.15) is 31.2 Å². The van der Waals surface area contributed by atoms with Crippen LogP contribution in [0.3, 0.4) is 0 Å². The fourth-order valence-electron chi connectivity index (χ4n) is 4.89. The first-order valence-corrected chi connectivity index (χ1v) is 9.72. The van der Waals surface area contributed by atoms with Gasteiger partial charge in [-0.25, -0.2) is 4.79 Å². The topological polar surface area (TPSA) is 113 Å². The number of rotatable bonds is 3. The Bertz CT molecular complexity index is 929. The van der Waals surface area contributed by atoms with Crippen LogP contribution in [0.25, 0.3) is 0 Å². The van der Waals surface area contributed by atoms with Crippen LogP contribution in [0.5, 0.6) is 0 Å². The van der Waals surface area contributed by atoms with Crippen molar-refractivity contribution in [3.63, 3.8) is 0 Å². The molecule has 1 aromatic carbocycles. The smallest absolute Gasteiger partial charge is 0.331 e. The van der Waals surface area contributed by atoms with Crippen LogP contribution in [0.2, 0.25) is 0 Å². The zero-order valence-corrected chi connectivity index (χ0v) is 15.9. The van der Waals surface area contributed by atoms with Crippen LogP contribution in [0.15, 0.2) is 30.9 Å². The number of nitro benzene ring substituents is 1. The molecule has 0 aromatic heterocycles. The first-order chi connectivity index (χ1) is 13.9. The standard InChI is InChI=1S/C20H22N4O5/c1-2-9-23-18(26)20(17(25)21-19(23)27)12-13-11-14(24(28)29)7-8-15(13)22-10-5-3-4-6-16(20)22/h2,7-8,11,16H,1,3-6,9-10,12H2,(H,21,25,27). The number of amides is 4. The molecule has 0 aliphatic carbocycles. The van der Waals surface area contributed by atoms with Crippen molar-refractivity contribution in [1.29, 1.82) is 0 Å². The van der Waals surface area contributed by atoms with Crippen LogP contribution in [-0.4, -0.2) is 46.8 Å². The lowest BCUT2D eigenvalue weighted by atomic mass is 9.67. The van der Waals surface area contributed by atoms with Gasteiger partial charge in [0.2, 0.25) is 11.8 Å². The van der Waals surface area contributed by atoms with E-state index in [1.54, 1.807) is 6.07 Å². The van der Waals surface area contributed by atoms with Gasteiger partial charge in [-0.2, -0.15) is 0 Å². The molecule has 0 saturated carbocycles. The summed E-state index contributed by atoms with van der Waals surface area (Å²) in [5.74, 6) is -1.18. The second-order valence-corrected chi connectivity index (χ2v) is 7.74. The number of anilines is 1. The highest BCUT2D eigenvalue weighted by Crippen LogP contribution is 2.47. The summed E-state index contributed by atoms with van der Waals surface area (Å²) in [5, 5.41) is 13.6. The molecule has 4 rings (SSSR count). The first kappa shape index (κ1) is 19.1. The third-order valence-electron chi connectivity index (χ3n) is 6.18. The van der Waals surface area contributed by atoms with Crippen molar-refractivity contribution in [3.05, 3.63) is 46.5 Å². The molecule has 9 nitrogen and oxygen atoms in total. The van der Waals surface area contributed by atoms with Gasteiger partial charge in [0, 0.05) is 37.3 Å². The lowest BCUT2D eigenvalue weighted by Crippen LogP contribution is -2.72. The molecule has 9 heteroatoms. The third kappa shape index (κ3) is 2.80. The van der Waals surface area contributed by atoms with Crippen molar-refractivity contribution in [2.75, 3.05) is 18.0 Å². The minimum absolute atomic E-state index is 0.00574. The summed E-state index contributed by atoms with van der Waals surface area (Å²) in [4.78, 5) is 52.8. The summed E-state index contributed by atoms with van der Waals surface area (Å²) in [6.45, 7) is 4.24. The predicted octanol–water partition coefficient (Wildman–Crippen LogP) is 2.15. The zero-order valence-electron chi connectivity index (χ0n) is 15.9. The second-order valence-electron chi connectivity index (χ2n) is 7.74. The molecule has 1 N–H and O–H groups in total. The van der Waals surface area contributed by atoms with E-state index in [0.717, 1.165) is 29.8 Å². The van der Waals surface area contributed by atoms with Crippen molar-refractivity contribution in [2.45, 2.75) is 38.1 Å². The molecule has 2 atom stereocenters. The number of imide groups is 2. The van der Waals surface area contributed by atoms with Crippen LogP contribution < -0.4 is 10.2 Å². The van der Waals surface area contributed by atoms with Crippen LogP contribution in [0.4, 0.5) is 16.2 Å². The Hall–Kier alpha value is -3.23. The molecule has 29 heavy (non-hydrogen) atoms. The van der Waals surface area contributed by atoms with E-state index in [1.807, 2.05) is 4.90 Å². The summed E-state index contributed by atoms with van der Waals surface area (Å²) in [6, 6.07) is 3.43. The van der Waals surface area contributed by atoms with Crippen molar-refractivity contribution in [3.8, 4) is 0 Å². The number of hydrogen-bond acceptors (Lipinski definition) is 6. The highest BCUT2D eigenvalue weighted by Gasteiger charge is 2.61. The number of barbiturate groups is 1. The van der Waals surface area contributed by atoms with E-state index in [9.17, 15) is 24.5 Å². The summed E-state index contributed by atoms with van der Waals surface area (Å²) in [6.07, 6.45) is 4.82. The maximum absolute atomic E-state index is 13.5. The number of fused-ring (bicyclic) bond motifs is 4. The van der Waals surface area contributed by atoms with E-state index in [0.29, 0.717) is 18.5 Å². The fraction of sp³-hybridized carbons (Fsp3) is 0.450. The molecule has 0 bridgehead atoms. The van der Waals surface area contributed by atoms with E-state index in [4.69, 9.17) is 0 Å². The van der Waals surface area contributed by atoms with E-state index in [2.05, 4.69) is 11.9 Å². The number of hydrogen-bond donors (Lipinski definition) is 1. The maximum Gasteiger partial charge on any atom is 0.331 e. The van der Waals surface area contributed by atoms with Gasteiger partial charge in [-0.3, -0.25) is 29.9 Å². The average molecular weight is 398 g/mol. The Labute approximate surface area is 167 Å². The zero-order chi connectivity index (χ0) is 20.8. The minimum Gasteiger partial charge on any atom is -0.367 e. The lowest BCUT2D eigenvalue weighted by molar-refractivity contribution is -0.384. The van der Waals surface area contributed by atoms with Gasteiger partial charge >= 0.3 is 6.03 Å². The molecule has 2 saturated heterocycles. The van der Waals surface area contributed by atoms with Gasteiger partial charge in [0.05, 0.1) is 11.0 Å². The van der Waals surface area contributed by atoms with Crippen molar-refractivity contribution < 1.29 is 19.3 Å². The molecule has 0 radical (unpaired) electrons. The Balaban J connectivity index is 1.89. The molecule has 4 amide bonds. The highest BCUT2D eigenvalue weighted by molar-refractivity contribution is 6.20. The molecular formula is C20H22N4O5. The first-order valence-electron chi connectivity index (χ1n) is 9.72. The normalized spacial score (nSPS) is 26.5. The Morgan fingerprint density at radius 2 is 2.07 bits per heavy atom. The molecule has 152 valence electrons. The SMILES string of the molecule is C=CCN1C(=O)NC(=O)C2(Cc3cc([N+](=O)[O-])ccc3N3CCCCCC32)C1=O. The van der Waals surface area contributed by atoms with E-state index in [1.165, 1.54) is 18.2 Å². The van der Waals surface area contributed by atoms with E-state index >= 15 is 0 Å². The number of carbonyl (C=O) groups excluding carboxylic acids is 3. The molecular weight excluding hydrogens is 376 g/mol. The largest absolute Gasteiger partial charge is 0.367 e. The van der Waals surface area contributed by atoms with Crippen molar-refractivity contribution in [1.82, 2.24) is 10.2 Å². The number of benzene rings is 1. The fourth-order valence-corrected chi connectivity index (χ4v) is 4.89. The summed E-state index contributed by atoms with van der Waals surface area (Å²) in [7, 11) is 0. The molecule has 2 unspecified atom stereocenters. The van der Waals surface area contributed by atoms with Crippen LogP contribution >= 0.6 is 0 Å². The molecule has 2 fully saturated rings. The van der Waals surface area contributed by atoms with Crippen molar-refractivity contribution >= 4 is 29.2 Å². The summed E-state index contributed by atoms with van der Waals surface area (Å²) in [5.41, 5.74) is -0.187. The maximum atomic E-state index is 13.5.